The number of ether oxygens (including phenoxy) is 2. The van der Waals surface area contributed by atoms with Gasteiger partial charge in [0.05, 0.1) is 6.61 Å². The van der Waals surface area contributed by atoms with Crippen LogP contribution in [0, 0.1) is 0 Å². The summed E-state index contributed by atoms with van der Waals surface area (Å²) in [6.07, 6.45) is 5.06. The number of benzene rings is 1. The first-order chi connectivity index (χ1) is 10.7. The van der Waals surface area contributed by atoms with Crippen molar-refractivity contribution in [1.29, 1.82) is 0 Å². The van der Waals surface area contributed by atoms with E-state index >= 15 is 0 Å². The maximum atomic E-state index is 10.8. The van der Waals surface area contributed by atoms with E-state index in [-0.39, 0.29) is 0 Å². The molecule has 0 radical (unpaired) electrons. The minimum absolute atomic E-state index is 0.320. The van der Waals surface area contributed by atoms with Gasteiger partial charge in [-0.15, -0.1) is 0 Å². The van der Waals surface area contributed by atoms with E-state index in [1.54, 1.807) is 12.1 Å². The number of aldehydes is 1. The molecule has 1 aromatic carbocycles. The van der Waals surface area contributed by atoms with Gasteiger partial charge in [-0.2, -0.15) is 0 Å². The third kappa shape index (κ3) is 9.00. The van der Waals surface area contributed by atoms with Crippen LogP contribution in [0.1, 0.15) is 56.8 Å². The van der Waals surface area contributed by atoms with Crippen molar-refractivity contribution in [3.8, 4) is 11.5 Å². The zero-order chi connectivity index (χ0) is 16.8. The van der Waals surface area contributed by atoms with E-state index in [1.165, 1.54) is 12.5 Å². The number of carboxylic acids is 1. The average molecular weight is 310 g/mol. The number of carboxylic acid groups (broad SMARTS) is 1. The molecule has 0 unspecified atom stereocenters. The Morgan fingerprint density at radius 2 is 1.73 bits per heavy atom. The number of aliphatic carboxylic acids is 1. The summed E-state index contributed by atoms with van der Waals surface area (Å²) in [4.78, 5) is 21.3. The second-order valence-corrected chi connectivity index (χ2v) is 4.45. The average Bonchev–Trinajstić information content (AvgIpc) is 2.54. The van der Waals surface area contributed by atoms with E-state index in [0.29, 0.717) is 30.0 Å². The third-order valence-electron chi connectivity index (χ3n) is 2.67. The molecule has 0 amide bonds. The number of unbranched alkanes of at least 4 members (excludes halogenated alkanes) is 3. The highest BCUT2D eigenvalue weighted by Crippen LogP contribution is 2.22. The standard InChI is InChI=1S/C15H20O5.C2H6/c1-2-3-4-5-6-19-13-7-12(10-16)8-14(9-13)20-11-15(17)18;1-2/h7-10H,2-6,11H2,1H3,(H,17,18);1-2H3. The minimum Gasteiger partial charge on any atom is -0.493 e. The van der Waals surface area contributed by atoms with Gasteiger partial charge in [0.25, 0.3) is 0 Å². The summed E-state index contributed by atoms with van der Waals surface area (Å²) in [5.41, 5.74) is 0.399. The van der Waals surface area contributed by atoms with Gasteiger partial charge in [0.2, 0.25) is 0 Å². The van der Waals surface area contributed by atoms with Gasteiger partial charge in [-0.1, -0.05) is 40.0 Å². The summed E-state index contributed by atoms with van der Waals surface area (Å²) in [6, 6.07) is 4.69. The van der Waals surface area contributed by atoms with Crippen molar-refractivity contribution < 1.29 is 24.2 Å². The van der Waals surface area contributed by atoms with Gasteiger partial charge in [-0.25, -0.2) is 4.79 Å². The van der Waals surface area contributed by atoms with Crippen molar-refractivity contribution >= 4 is 12.3 Å². The molecule has 0 saturated carbocycles. The van der Waals surface area contributed by atoms with E-state index < -0.39 is 12.6 Å². The number of hydrogen-bond donors (Lipinski definition) is 1. The van der Waals surface area contributed by atoms with Crippen LogP contribution in [0.15, 0.2) is 18.2 Å². The molecule has 0 fully saturated rings. The summed E-state index contributed by atoms with van der Waals surface area (Å²) >= 11 is 0. The van der Waals surface area contributed by atoms with Crippen LogP contribution < -0.4 is 9.47 Å². The highest BCUT2D eigenvalue weighted by atomic mass is 16.5. The molecular formula is C17H26O5. The molecule has 0 bridgehead atoms. The first kappa shape index (κ1) is 20.0. The lowest BCUT2D eigenvalue weighted by atomic mass is 10.2. The molecule has 5 nitrogen and oxygen atoms in total. The minimum atomic E-state index is -1.07. The van der Waals surface area contributed by atoms with Crippen LogP contribution in [0.4, 0.5) is 0 Å². The van der Waals surface area contributed by atoms with E-state index in [1.807, 2.05) is 13.8 Å². The molecule has 0 atom stereocenters. The second-order valence-electron chi connectivity index (χ2n) is 4.45. The fourth-order valence-corrected chi connectivity index (χ4v) is 1.69. The first-order valence-electron chi connectivity index (χ1n) is 7.73. The maximum Gasteiger partial charge on any atom is 0.341 e. The van der Waals surface area contributed by atoms with Crippen molar-refractivity contribution in [1.82, 2.24) is 0 Å². The van der Waals surface area contributed by atoms with Gasteiger partial charge in [0.15, 0.2) is 6.61 Å². The molecule has 5 heteroatoms. The molecule has 124 valence electrons. The number of carbonyl (C=O) groups is 2. The normalized spacial score (nSPS) is 9.41. The van der Waals surface area contributed by atoms with Gasteiger partial charge >= 0.3 is 5.97 Å². The van der Waals surface area contributed by atoms with E-state index in [0.717, 1.165) is 19.3 Å². The van der Waals surface area contributed by atoms with Crippen LogP contribution in [-0.2, 0) is 4.79 Å². The van der Waals surface area contributed by atoms with E-state index in [2.05, 4.69) is 6.92 Å². The fraction of sp³-hybridized carbons (Fsp3) is 0.529. The maximum absolute atomic E-state index is 10.8. The molecular weight excluding hydrogens is 284 g/mol. The van der Waals surface area contributed by atoms with Crippen molar-refractivity contribution in [3.05, 3.63) is 23.8 Å². The SMILES string of the molecule is CC.CCCCCCOc1cc(C=O)cc(OCC(=O)O)c1. The van der Waals surface area contributed by atoms with Gasteiger partial charge < -0.3 is 14.6 Å². The molecule has 22 heavy (non-hydrogen) atoms. The Labute approximate surface area is 132 Å². The smallest absolute Gasteiger partial charge is 0.341 e. The Hall–Kier alpha value is -2.04. The van der Waals surface area contributed by atoms with Crippen molar-refractivity contribution in [2.75, 3.05) is 13.2 Å². The first-order valence-corrected chi connectivity index (χ1v) is 7.73. The molecule has 0 saturated heterocycles. The highest BCUT2D eigenvalue weighted by Gasteiger charge is 2.05. The van der Waals surface area contributed by atoms with Crippen LogP contribution in [-0.4, -0.2) is 30.6 Å². The molecule has 0 aromatic heterocycles. The van der Waals surface area contributed by atoms with Crippen molar-refractivity contribution in [2.45, 2.75) is 46.5 Å². The van der Waals surface area contributed by atoms with Gasteiger partial charge in [-0.3, -0.25) is 4.79 Å². The van der Waals surface area contributed by atoms with Crippen LogP contribution in [0.5, 0.6) is 11.5 Å². The quantitative estimate of drug-likeness (QED) is 0.523. The highest BCUT2D eigenvalue weighted by molar-refractivity contribution is 5.76. The Bertz CT molecular complexity index is 443. The third-order valence-corrected chi connectivity index (χ3v) is 2.67. The Morgan fingerprint density at radius 3 is 2.27 bits per heavy atom. The number of rotatable bonds is 10. The van der Waals surface area contributed by atoms with Crippen molar-refractivity contribution in [2.24, 2.45) is 0 Å². The van der Waals surface area contributed by atoms with Crippen LogP contribution in [0.3, 0.4) is 0 Å². The van der Waals surface area contributed by atoms with Gasteiger partial charge in [-0.05, 0) is 18.6 Å². The summed E-state index contributed by atoms with van der Waals surface area (Å²) in [5, 5.41) is 8.57. The zero-order valence-corrected chi connectivity index (χ0v) is 13.6. The molecule has 1 aromatic rings. The fourth-order valence-electron chi connectivity index (χ4n) is 1.69. The van der Waals surface area contributed by atoms with E-state index in [4.69, 9.17) is 14.6 Å². The molecule has 0 heterocycles. The van der Waals surface area contributed by atoms with Gasteiger partial charge in [0.1, 0.15) is 17.8 Å². The second kappa shape index (κ2) is 12.7. The van der Waals surface area contributed by atoms with Crippen molar-refractivity contribution in [3.63, 3.8) is 0 Å². The topological polar surface area (TPSA) is 72.8 Å². The predicted octanol–water partition coefficient (Wildman–Crippen LogP) is 3.95. The number of hydrogen-bond acceptors (Lipinski definition) is 4. The summed E-state index contributed by atoms with van der Waals surface area (Å²) < 4.78 is 10.6. The lowest BCUT2D eigenvalue weighted by Crippen LogP contribution is -2.09. The van der Waals surface area contributed by atoms with Crippen LogP contribution in [0.25, 0.3) is 0 Å². The molecule has 1 N–H and O–H groups in total. The predicted molar refractivity (Wildman–Crippen MR) is 85.9 cm³/mol. The molecule has 0 spiro atoms. The molecule has 0 aliphatic heterocycles. The zero-order valence-electron chi connectivity index (χ0n) is 13.6. The summed E-state index contributed by atoms with van der Waals surface area (Å²) in [6.45, 7) is 6.26. The Morgan fingerprint density at radius 1 is 1.09 bits per heavy atom. The van der Waals surface area contributed by atoms with Gasteiger partial charge in [0, 0.05) is 11.6 Å². The van der Waals surface area contributed by atoms with E-state index in [9.17, 15) is 9.59 Å². The molecule has 0 aliphatic rings. The molecule has 1 rings (SSSR count). The Kier molecular flexibility index (Phi) is 11.5. The summed E-state index contributed by atoms with van der Waals surface area (Å²) in [5.74, 6) is -0.226. The summed E-state index contributed by atoms with van der Waals surface area (Å²) in [7, 11) is 0. The van der Waals surface area contributed by atoms with Crippen LogP contribution in [0.2, 0.25) is 0 Å². The Balaban J connectivity index is 0.00000211. The lowest BCUT2D eigenvalue weighted by Gasteiger charge is -2.09. The molecule has 0 aliphatic carbocycles. The monoisotopic (exact) mass is 310 g/mol. The lowest BCUT2D eigenvalue weighted by molar-refractivity contribution is -0.139. The van der Waals surface area contributed by atoms with Crippen LogP contribution >= 0.6 is 0 Å². The largest absolute Gasteiger partial charge is 0.493 e. The number of carbonyl (C=O) groups excluding carboxylic acids is 1.